The summed E-state index contributed by atoms with van der Waals surface area (Å²) in [6.07, 6.45) is 7.31. The summed E-state index contributed by atoms with van der Waals surface area (Å²) in [5.41, 5.74) is 1.90. The third-order valence-corrected chi connectivity index (χ3v) is 6.53. The Kier molecular flexibility index (Phi) is 8.98. The Bertz CT molecular complexity index is 701. The van der Waals surface area contributed by atoms with Gasteiger partial charge in [0.15, 0.2) is 0 Å². The Labute approximate surface area is 181 Å². The summed E-state index contributed by atoms with van der Waals surface area (Å²) >= 11 is 0. The summed E-state index contributed by atoms with van der Waals surface area (Å²) in [7, 11) is 1.67. The van der Waals surface area contributed by atoms with E-state index in [-0.39, 0.29) is 5.91 Å². The van der Waals surface area contributed by atoms with Gasteiger partial charge in [0.2, 0.25) is 5.91 Å². The predicted molar refractivity (Wildman–Crippen MR) is 119 cm³/mol. The van der Waals surface area contributed by atoms with Crippen LogP contribution in [0, 0.1) is 17.2 Å². The SMILES string of the molecule is COCCCC(=O)N[C@H]1CC[C@H](CCN2CCN(c3cccc(C#N)c3)CC2)CC1. The molecule has 2 aliphatic rings. The molecular formula is C24H36N4O2. The van der Waals surface area contributed by atoms with Gasteiger partial charge in [-0.1, -0.05) is 6.07 Å². The van der Waals surface area contributed by atoms with Crippen molar-refractivity contribution in [2.45, 2.75) is 51.0 Å². The van der Waals surface area contributed by atoms with Crippen LogP contribution in [0.15, 0.2) is 24.3 Å². The van der Waals surface area contributed by atoms with Crippen molar-refractivity contribution >= 4 is 11.6 Å². The van der Waals surface area contributed by atoms with Crippen LogP contribution >= 0.6 is 0 Å². The number of carbonyl (C=O) groups excluding carboxylic acids is 1. The van der Waals surface area contributed by atoms with Gasteiger partial charge >= 0.3 is 0 Å². The van der Waals surface area contributed by atoms with E-state index in [9.17, 15) is 4.79 Å². The van der Waals surface area contributed by atoms with E-state index in [4.69, 9.17) is 10.00 Å². The molecule has 1 N–H and O–H groups in total. The number of nitriles is 1. The van der Waals surface area contributed by atoms with Gasteiger partial charge in [0.1, 0.15) is 0 Å². The Balaban J connectivity index is 1.30. The van der Waals surface area contributed by atoms with Gasteiger partial charge in [-0.3, -0.25) is 9.69 Å². The zero-order chi connectivity index (χ0) is 21.2. The van der Waals surface area contributed by atoms with Crippen LogP contribution in [0.3, 0.4) is 0 Å². The van der Waals surface area contributed by atoms with Crippen molar-refractivity contribution in [3.63, 3.8) is 0 Å². The van der Waals surface area contributed by atoms with Gasteiger partial charge in [-0.05, 0) is 69.2 Å². The molecule has 6 nitrogen and oxygen atoms in total. The highest BCUT2D eigenvalue weighted by atomic mass is 16.5. The number of anilines is 1. The lowest BCUT2D eigenvalue weighted by Gasteiger charge is -2.37. The summed E-state index contributed by atoms with van der Waals surface area (Å²) in [6, 6.07) is 10.5. The van der Waals surface area contributed by atoms with Crippen LogP contribution in [-0.2, 0) is 9.53 Å². The molecule has 0 aromatic heterocycles. The van der Waals surface area contributed by atoms with Crippen molar-refractivity contribution < 1.29 is 9.53 Å². The fourth-order valence-corrected chi connectivity index (χ4v) is 4.64. The number of amides is 1. The standard InChI is InChI=1S/C24H36N4O2/c1-30-17-3-6-24(29)26-22-9-7-20(8-10-22)11-12-27-13-15-28(16-14-27)23-5-2-4-21(18-23)19-25/h2,4-5,18,20,22H,3,6-17H2,1H3,(H,26,29)/t20-,22-. The van der Waals surface area contributed by atoms with Gasteiger partial charge < -0.3 is 15.0 Å². The van der Waals surface area contributed by atoms with E-state index in [1.54, 1.807) is 7.11 Å². The quantitative estimate of drug-likeness (QED) is 0.631. The summed E-state index contributed by atoms with van der Waals surface area (Å²) in [5, 5.41) is 12.3. The average molecular weight is 413 g/mol. The van der Waals surface area contributed by atoms with Crippen LogP contribution in [0.4, 0.5) is 5.69 Å². The van der Waals surface area contributed by atoms with Gasteiger partial charge in [0.05, 0.1) is 11.6 Å². The van der Waals surface area contributed by atoms with E-state index in [0.717, 1.165) is 62.6 Å². The molecule has 0 unspecified atom stereocenters. The zero-order valence-corrected chi connectivity index (χ0v) is 18.3. The van der Waals surface area contributed by atoms with Crippen molar-refractivity contribution in [3.8, 4) is 6.07 Å². The largest absolute Gasteiger partial charge is 0.385 e. The minimum absolute atomic E-state index is 0.175. The Morgan fingerprint density at radius 2 is 1.97 bits per heavy atom. The Hall–Kier alpha value is -2.10. The highest BCUT2D eigenvalue weighted by Gasteiger charge is 2.24. The number of methoxy groups -OCH3 is 1. The maximum atomic E-state index is 12.0. The molecule has 1 aliphatic heterocycles. The molecule has 1 amide bonds. The third kappa shape index (κ3) is 7.00. The zero-order valence-electron chi connectivity index (χ0n) is 18.3. The Morgan fingerprint density at radius 1 is 1.20 bits per heavy atom. The number of rotatable bonds is 9. The molecule has 2 fully saturated rings. The highest BCUT2D eigenvalue weighted by Crippen LogP contribution is 2.27. The molecule has 164 valence electrons. The minimum Gasteiger partial charge on any atom is -0.385 e. The van der Waals surface area contributed by atoms with Gasteiger partial charge in [-0.2, -0.15) is 5.26 Å². The lowest BCUT2D eigenvalue weighted by atomic mass is 9.84. The van der Waals surface area contributed by atoms with E-state index < -0.39 is 0 Å². The summed E-state index contributed by atoms with van der Waals surface area (Å²) in [4.78, 5) is 16.9. The molecule has 0 spiro atoms. The van der Waals surface area contributed by atoms with Crippen LogP contribution < -0.4 is 10.2 Å². The third-order valence-electron chi connectivity index (χ3n) is 6.53. The lowest BCUT2D eigenvalue weighted by Crippen LogP contribution is -2.47. The number of hydrogen-bond acceptors (Lipinski definition) is 5. The number of nitrogens with zero attached hydrogens (tertiary/aromatic N) is 3. The monoisotopic (exact) mass is 412 g/mol. The van der Waals surface area contributed by atoms with Gasteiger partial charge in [-0.25, -0.2) is 0 Å². The van der Waals surface area contributed by atoms with E-state index in [1.165, 1.54) is 25.8 Å². The van der Waals surface area contributed by atoms with E-state index in [2.05, 4.69) is 27.3 Å². The van der Waals surface area contributed by atoms with Crippen molar-refractivity contribution in [1.82, 2.24) is 10.2 Å². The van der Waals surface area contributed by atoms with Crippen LogP contribution in [-0.4, -0.2) is 63.3 Å². The molecule has 0 radical (unpaired) electrons. The molecule has 3 rings (SSSR count). The topological polar surface area (TPSA) is 68.6 Å². The second-order valence-electron chi connectivity index (χ2n) is 8.66. The van der Waals surface area contributed by atoms with E-state index in [1.807, 2.05) is 18.2 Å². The van der Waals surface area contributed by atoms with Gasteiger partial charge in [-0.15, -0.1) is 0 Å². The second-order valence-corrected chi connectivity index (χ2v) is 8.66. The second kappa shape index (κ2) is 11.9. The van der Waals surface area contributed by atoms with E-state index in [0.29, 0.717) is 19.1 Å². The molecule has 1 aromatic rings. The number of ether oxygens (including phenoxy) is 1. The fourth-order valence-electron chi connectivity index (χ4n) is 4.64. The van der Waals surface area contributed by atoms with Crippen LogP contribution in [0.2, 0.25) is 0 Å². The molecule has 1 aliphatic carbocycles. The summed E-state index contributed by atoms with van der Waals surface area (Å²) in [6.45, 7) is 6.05. The summed E-state index contributed by atoms with van der Waals surface area (Å²) in [5.74, 6) is 0.964. The normalized spacial score (nSPS) is 22.5. The van der Waals surface area contributed by atoms with Crippen molar-refractivity contribution in [2.75, 3.05) is 51.3 Å². The maximum absolute atomic E-state index is 12.0. The number of nitrogens with one attached hydrogen (secondary N) is 1. The molecular weight excluding hydrogens is 376 g/mol. The van der Waals surface area contributed by atoms with E-state index >= 15 is 0 Å². The molecule has 6 heteroatoms. The number of hydrogen-bond donors (Lipinski definition) is 1. The molecule has 1 saturated heterocycles. The Morgan fingerprint density at radius 3 is 2.67 bits per heavy atom. The first kappa shape index (κ1) is 22.6. The van der Waals surface area contributed by atoms with Gasteiger partial charge in [0.25, 0.3) is 0 Å². The predicted octanol–water partition coefficient (Wildman–Crippen LogP) is 3.17. The maximum Gasteiger partial charge on any atom is 0.220 e. The van der Waals surface area contributed by atoms with Crippen molar-refractivity contribution in [2.24, 2.45) is 5.92 Å². The first-order chi connectivity index (χ1) is 14.7. The number of benzene rings is 1. The van der Waals surface area contributed by atoms with Crippen molar-refractivity contribution in [3.05, 3.63) is 29.8 Å². The molecule has 0 bridgehead atoms. The van der Waals surface area contributed by atoms with Crippen LogP contribution in [0.1, 0.15) is 50.5 Å². The molecule has 1 heterocycles. The molecule has 1 aromatic carbocycles. The fraction of sp³-hybridized carbons (Fsp3) is 0.667. The molecule has 1 saturated carbocycles. The minimum atomic E-state index is 0.175. The lowest BCUT2D eigenvalue weighted by molar-refractivity contribution is -0.122. The summed E-state index contributed by atoms with van der Waals surface area (Å²) < 4.78 is 5.01. The molecule has 0 atom stereocenters. The highest BCUT2D eigenvalue weighted by molar-refractivity contribution is 5.76. The first-order valence-corrected chi connectivity index (χ1v) is 11.4. The smallest absolute Gasteiger partial charge is 0.220 e. The van der Waals surface area contributed by atoms with Gasteiger partial charge in [0, 0.05) is 58.0 Å². The first-order valence-electron chi connectivity index (χ1n) is 11.4. The van der Waals surface area contributed by atoms with Crippen LogP contribution in [0.5, 0.6) is 0 Å². The average Bonchev–Trinajstić information content (AvgIpc) is 2.79. The number of piperazine rings is 1. The number of carbonyl (C=O) groups is 1. The van der Waals surface area contributed by atoms with Crippen LogP contribution in [0.25, 0.3) is 0 Å². The molecule has 30 heavy (non-hydrogen) atoms. The van der Waals surface area contributed by atoms with Crippen molar-refractivity contribution in [1.29, 1.82) is 5.26 Å².